The summed E-state index contributed by atoms with van der Waals surface area (Å²) in [5.74, 6) is 3.45. The maximum atomic E-state index is 5.48. The molecule has 1 aliphatic rings. The van der Waals surface area contributed by atoms with Crippen molar-refractivity contribution in [1.29, 1.82) is 0 Å². The van der Waals surface area contributed by atoms with E-state index in [4.69, 9.17) is 11.2 Å². The molecule has 1 saturated carbocycles. The molecule has 0 saturated heterocycles. The molecule has 0 bridgehead atoms. The molecule has 74 valence electrons. The molecule has 0 aromatic rings. The zero-order valence-electron chi connectivity index (χ0n) is 8.55. The molecular weight excluding hydrogens is 162 g/mol. The number of ether oxygens (including phenoxy) is 1. The highest BCUT2D eigenvalue weighted by molar-refractivity contribution is 4.97. The maximum absolute atomic E-state index is 5.48. The van der Waals surface area contributed by atoms with Crippen LogP contribution in [0.1, 0.15) is 26.2 Å². The Morgan fingerprint density at radius 2 is 2.31 bits per heavy atom. The summed E-state index contributed by atoms with van der Waals surface area (Å²) in [5.41, 5.74) is 0. The van der Waals surface area contributed by atoms with Gasteiger partial charge < -0.3 is 10.1 Å². The molecule has 0 aromatic heterocycles. The fourth-order valence-electron chi connectivity index (χ4n) is 1.80. The van der Waals surface area contributed by atoms with Crippen LogP contribution in [0.15, 0.2) is 0 Å². The van der Waals surface area contributed by atoms with E-state index < -0.39 is 0 Å². The van der Waals surface area contributed by atoms with E-state index in [-0.39, 0.29) is 0 Å². The van der Waals surface area contributed by atoms with E-state index >= 15 is 0 Å². The van der Waals surface area contributed by atoms with Crippen molar-refractivity contribution in [1.82, 2.24) is 5.32 Å². The van der Waals surface area contributed by atoms with Crippen LogP contribution in [0, 0.1) is 18.3 Å². The van der Waals surface area contributed by atoms with Crippen LogP contribution in [-0.4, -0.2) is 25.8 Å². The van der Waals surface area contributed by atoms with Crippen molar-refractivity contribution in [2.24, 2.45) is 5.92 Å². The van der Waals surface area contributed by atoms with Crippen molar-refractivity contribution in [3.05, 3.63) is 0 Å². The van der Waals surface area contributed by atoms with Gasteiger partial charge in [-0.2, -0.15) is 0 Å². The summed E-state index contributed by atoms with van der Waals surface area (Å²) < 4.78 is 5.48. The third-order valence-corrected chi connectivity index (χ3v) is 2.56. The third-order valence-electron chi connectivity index (χ3n) is 2.56. The van der Waals surface area contributed by atoms with Gasteiger partial charge in [0.15, 0.2) is 0 Å². The summed E-state index contributed by atoms with van der Waals surface area (Å²) in [5, 5.41) is 3.39. The zero-order chi connectivity index (χ0) is 9.68. The van der Waals surface area contributed by atoms with E-state index in [1.807, 2.05) is 0 Å². The smallest absolute Gasteiger partial charge is 0.0761 e. The van der Waals surface area contributed by atoms with Crippen LogP contribution in [0.4, 0.5) is 0 Å². The first-order valence-corrected chi connectivity index (χ1v) is 5.03. The molecule has 0 spiro atoms. The topological polar surface area (TPSA) is 21.3 Å². The van der Waals surface area contributed by atoms with Crippen molar-refractivity contribution in [3.63, 3.8) is 0 Å². The first kappa shape index (κ1) is 10.6. The Morgan fingerprint density at radius 1 is 1.62 bits per heavy atom. The van der Waals surface area contributed by atoms with E-state index in [0.29, 0.717) is 12.1 Å². The van der Waals surface area contributed by atoms with E-state index in [9.17, 15) is 0 Å². The lowest BCUT2D eigenvalue weighted by Crippen LogP contribution is -2.41. The molecular formula is C11H19NO. The Hall–Kier alpha value is -0.520. The lowest BCUT2D eigenvalue weighted by molar-refractivity contribution is 0.0530. The molecule has 0 heterocycles. The van der Waals surface area contributed by atoms with Gasteiger partial charge in [0.25, 0.3) is 0 Å². The predicted molar refractivity (Wildman–Crippen MR) is 54.4 cm³/mol. The van der Waals surface area contributed by atoms with Gasteiger partial charge in [-0.1, -0.05) is 6.92 Å². The molecule has 2 unspecified atom stereocenters. The Balaban J connectivity index is 2.44. The lowest BCUT2D eigenvalue weighted by atomic mass is 10.0. The highest BCUT2D eigenvalue weighted by Crippen LogP contribution is 2.36. The zero-order valence-corrected chi connectivity index (χ0v) is 8.55. The second-order valence-corrected chi connectivity index (χ2v) is 3.61. The number of nitrogens with one attached hydrogen (secondary N) is 1. The van der Waals surface area contributed by atoms with Gasteiger partial charge in [-0.15, -0.1) is 12.3 Å². The molecule has 2 heteroatoms. The fraction of sp³-hybridized carbons (Fsp3) is 0.818. The minimum Gasteiger partial charge on any atom is -0.380 e. The van der Waals surface area contributed by atoms with Crippen LogP contribution < -0.4 is 5.32 Å². The minimum atomic E-state index is 0.316. The molecule has 2 nitrogen and oxygen atoms in total. The number of likely N-dealkylation sites (N-methyl/N-ethyl adjacent to an activating group) is 1. The molecule has 1 rings (SSSR count). The van der Waals surface area contributed by atoms with Crippen LogP contribution in [0.2, 0.25) is 0 Å². The van der Waals surface area contributed by atoms with Gasteiger partial charge in [-0.25, -0.2) is 0 Å². The largest absolute Gasteiger partial charge is 0.380 e. The highest BCUT2D eigenvalue weighted by atomic mass is 16.5. The van der Waals surface area contributed by atoms with Crippen molar-refractivity contribution < 1.29 is 4.74 Å². The number of methoxy groups -OCH3 is 1. The second-order valence-electron chi connectivity index (χ2n) is 3.61. The summed E-state index contributed by atoms with van der Waals surface area (Å²) in [6, 6.07) is 0.340. The monoisotopic (exact) mass is 181 g/mol. The number of rotatable bonds is 6. The Bertz CT molecular complexity index is 181. The molecule has 0 aliphatic heterocycles. The normalized spacial score (nSPS) is 20.7. The maximum Gasteiger partial charge on any atom is 0.0761 e. The van der Waals surface area contributed by atoms with E-state index in [1.165, 1.54) is 12.8 Å². The standard InChI is InChI=1S/C11H19NO/c1-4-6-10(12-5-2)11(13-3)9-7-8-9/h1,9-12H,5-8H2,2-3H3. The van der Waals surface area contributed by atoms with Gasteiger partial charge in [0, 0.05) is 19.6 Å². The molecule has 2 atom stereocenters. The lowest BCUT2D eigenvalue weighted by Gasteiger charge is -2.25. The van der Waals surface area contributed by atoms with Crippen LogP contribution in [0.25, 0.3) is 0 Å². The van der Waals surface area contributed by atoms with E-state index in [1.54, 1.807) is 7.11 Å². The summed E-state index contributed by atoms with van der Waals surface area (Å²) in [6.07, 6.45) is 9.00. The summed E-state index contributed by atoms with van der Waals surface area (Å²) in [6.45, 7) is 3.06. The third kappa shape index (κ3) is 3.02. The van der Waals surface area contributed by atoms with E-state index in [0.717, 1.165) is 18.9 Å². The van der Waals surface area contributed by atoms with Crippen LogP contribution in [0.3, 0.4) is 0 Å². The molecule has 1 fully saturated rings. The van der Waals surface area contributed by atoms with Gasteiger partial charge in [0.2, 0.25) is 0 Å². The SMILES string of the molecule is C#CCC(NCC)C(OC)C1CC1. The van der Waals surface area contributed by atoms with Crippen molar-refractivity contribution in [2.45, 2.75) is 38.3 Å². The Morgan fingerprint density at radius 3 is 2.69 bits per heavy atom. The average molecular weight is 181 g/mol. The molecule has 1 aliphatic carbocycles. The van der Waals surface area contributed by atoms with Crippen LogP contribution in [-0.2, 0) is 4.74 Å². The molecule has 0 aromatic carbocycles. The second kappa shape index (κ2) is 5.26. The summed E-state index contributed by atoms with van der Waals surface area (Å²) in [4.78, 5) is 0. The van der Waals surface area contributed by atoms with E-state index in [2.05, 4.69) is 18.2 Å². The quantitative estimate of drug-likeness (QED) is 0.626. The molecule has 13 heavy (non-hydrogen) atoms. The van der Waals surface area contributed by atoms with Gasteiger partial charge in [-0.05, 0) is 25.3 Å². The Labute approximate surface area is 81.0 Å². The van der Waals surface area contributed by atoms with Gasteiger partial charge in [0.05, 0.1) is 6.10 Å². The summed E-state index contributed by atoms with van der Waals surface area (Å²) >= 11 is 0. The molecule has 0 amide bonds. The predicted octanol–water partition coefficient (Wildman–Crippen LogP) is 1.41. The highest BCUT2D eigenvalue weighted by Gasteiger charge is 2.35. The fourth-order valence-corrected chi connectivity index (χ4v) is 1.80. The summed E-state index contributed by atoms with van der Waals surface area (Å²) in [7, 11) is 1.78. The van der Waals surface area contributed by atoms with Gasteiger partial charge in [-0.3, -0.25) is 0 Å². The minimum absolute atomic E-state index is 0.316. The van der Waals surface area contributed by atoms with Gasteiger partial charge in [0.1, 0.15) is 0 Å². The number of hydrogen-bond donors (Lipinski definition) is 1. The number of hydrogen-bond acceptors (Lipinski definition) is 2. The van der Waals surface area contributed by atoms with Crippen molar-refractivity contribution in [2.75, 3.05) is 13.7 Å². The van der Waals surface area contributed by atoms with Crippen molar-refractivity contribution in [3.8, 4) is 12.3 Å². The van der Waals surface area contributed by atoms with Crippen LogP contribution >= 0.6 is 0 Å². The van der Waals surface area contributed by atoms with Crippen molar-refractivity contribution >= 4 is 0 Å². The molecule has 0 radical (unpaired) electrons. The first-order valence-electron chi connectivity index (χ1n) is 5.03. The Kier molecular flexibility index (Phi) is 4.27. The van der Waals surface area contributed by atoms with Crippen LogP contribution in [0.5, 0.6) is 0 Å². The average Bonchev–Trinajstić information content (AvgIpc) is 2.90. The number of terminal acetylenes is 1. The molecule has 1 N–H and O–H groups in total. The first-order chi connectivity index (χ1) is 6.33. The van der Waals surface area contributed by atoms with Gasteiger partial charge >= 0.3 is 0 Å².